The van der Waals surface area contributed by atoms with Crippen molar-refractivity contribution < 1.29 is 9.53 Å². The third kappa shape index (κ3) is 3.29. The lowest BCUT2D eigenvalue weighted by Gasteiger charge is -2.30. The summed E-state index contributed by atoms with van der Waals surface area (Å²) in [6.45, 7) is 9.28. The summed E-state index contributed by atoms with van der Waals surface area (Å²) in [5, 5.41) is 3.41. The molecule has 6 heteroatoms. The Balaban J connectivity index is 1.66. The smallest absolute Gasteiger partial charge is 0.241 e. The lowest BCUT2D eigenvalue weighted by molar-refractivity contribution is -0.130. The van der Waals surface area contributed by atoms with Crippen molar-refractivity contribution in [2.24, 2.45) is 0 Å². The van der Waals surface area contributed by atoms with Gasteiger partial charge in [0.1, 0.15) is 6.17 Å². The molecule has 0 radical (unpaired) electrons. The van der Waals surface area contributed by atoms with Gasteiger partial charge in [0.25, 0.3) is 0 Å². The maximum atomic E-state index is 12.4. The predicted molar refractivity (Wildman–Crippen MR) is 83.4 cm³/mol. The van der Waals surface area contributed by atoms with Crippen LogP contribution >= 0.6 is 11.3 Å². The van der Waals surface area contributed by atoms with E-state index >= 15 is 0 Å². The number of amides is 1. The minimum absolute atomic E-state index is 0.0345. The summed E-state index contributed by atoms with van der Waals surface area (Å²) in [5.41, 5.74) is 0. The standard InChI is InChI=1S/C15H23N3O2S/c1-11-3-4-13(21-11)14-16-12(2)15(19)18(14)6-5-17-7-9-20-10-8-17/h3-4,12,14,16H,5-10H2,1-2H3. The normalized spacial score (nSPS) is 27.5. The molecule has 0 bridgehead atoms. The molecule has 2 saturated heterocycles. The van der Waals surface area contributed by atoms with Crippen LogP contribution in [0.5, 0.6) is 0 Å². The van der Waals surface area contributed by atoms with Gasteiger partial charge in [-0.25, -0.2) is 0 Å². The van der Waals surface area contributed by atoms with E-state index in [2.05, 4.69) is 29.3 Å². The molecule has 0 spiro atoms. The predicted octanol–water partition coefficient (Wildman–Crippen LogP) is 1.21. The van der Waals surface area contributed by atoms with Crippen molar-refractivity contribution >= 4 is 17.2 Å². The molecule has 116 valence electrons. The fourth-order valence-corrected chi connectivity index (χ4v) is 3.87. The Morgan fingerprint density at radius 1 is 1.33 bits per heavy atom. The van der Waals surface area contributed by atoms with Gasteiger partial charge in [-0.15, -0.1) is 11.3 Å². The molecule has 2 aliphatic rings. The summed E-state index contributed by atoms with van der Waals surface area (Å²) in [7, 11) is 0. The molecule has 0 aromatic carbocycles. The number of ether oxygens (including phenoxy) is 1. The zero-order chi connectivity index (χ0) is 14.8. The minimum atomic E-state index is -0.0953. The minimum Gasteiger partial charge on any atom is -0.379 e. The summed E-state index contributed by atoms with van der Waals surface area (Å²) in [6, 6.07) is 4.15. The number of aryl methyl sites for hydroxylation is 1. The Labute approximate surface area is 129 Å². The zero-order valence-electron chi connectivity index (χ0n) is 12.7. The Morgan fingerprint density at radius 3 is 2.76 bits per heavy atom. The Morgan fingerprint density at radius 2 is 2.10 bits per heavy atom. The molecule has 2 unspecified atom stereocenters. The molecule has 3 rings (SSSR count). The highest BCUT2D eigenvalue weighted by molar-refractivity contribution is 7.12. The zero-order valence-corrected chi connectivity index (χ0v) is 13.5. The molecule has 2 atom stereocenters. The second-order valence-corrected chi connectivity index (χ2v) is 7.04. The van der Waals surface area contributed by atoms with E-state index in [1.165, 1.54) is 9.75 Å². The van der Waals surface area contributed by atoms with Crippen LogP contribution in [0.1, 0.15) is 22.8 Å². The van der Waals surface area contributed by atoms with Crippen LogP contribution in [0.3, 0.4) is 0 Å². The van der Waals surface area contributed by atoms with Gasteiger partial charge in [-0.2, -0.15) is 0 Å². The maximum absolute atomic E-state index is 12.4. The van der Waals surface area contributed by atoms with Gasteiger partial charge in [-0.3, -0.25) is 15.0 Å². The van der Waals surface area contributed by atoms with E-state index < -0.39 is 0 Å². The first-order valence-electron chi connectivity index (χ1n) is 7.58. The summed E-state index contributed by atoms with van der Waals surface area (Å²) >= 11 is 1.76. The van der Waals surface area contributed by atoms with E-state index in [1.807, 2.05) is 11.8 Å². The molecule has 1 N–H and O–H groups in total. The highest BCUT2D eigenvalue weighted by Gasteiger charge is 2.37. The summed E-state index contributed by atoms with van der Waals surface area (Å²) in [6.07, 6.45) is 0.0345. The van der Waals surface area contributed by atoms with Gasteiger partial charge in [-0.1, -0.05) is 0 Å². The van der Waals surface area contributed by atoms with Crippen molar-refractivity contribution in [2.45, 2.75) is 26.1 Å². The molecule has 1 aromatic rings. The van der Waals surface area contributed by atoms with E-state index in [9.17, 15) is 4.79 Å². The largest absolute Gasteiger partial charge is 0.379 e. The van der Waals surface area contributed by atoms with Crippen molar-refractivity contribution in [2.75, 3.05) is 39.4 Å². The highest BCUT2D eigenvalue weighted by atomic mass is 32.1. The molecule has 0 saturated carbocycles. The number of hydrogen-bond donors (Lipinski definition) is 1. The third-order valence-corrected chi connectivity index (χ3v) is 5.22. The van der Waals surface area contributed by atoms with Gasteiger partial charge in [0.15, 0.2) is 0 Å². The van der Waals surface area contributed by atoms with Crippen molar-refractivity contribution in [3.63, 3.8) is 0 Å². The molecule has 21 heavy (non-hydrogen) atoms. The molecule has 5 nitrogen and oxygen atoms in total. The van der Waals surface area contributed by atoms with Crippen LogP contribution in [0.4, 0.5) is 0 Å². The van der Waals surface area contributed by atoms with Crippen LogP contribution in [-0.4, -0.2) is 61.1 Å². The number of nitrogens with one attached hydrogen (secondary N) is 1. The van der Waals surface area contributed by atoms with E-state index in [0.29, 0.717) is 0 Å². The first kappa shape index (κ1) is 15.0. The third-order valence-electron chi connectivity index (χ3n) is 4.16. The number of carbonyl (C=O) groups is 1. The van der Waals surface area contributed by atoms with Crippen molar-refractivity contribution in [3.05, 3.63) is 21.9 Å². The van der Waals surface area contributed by atoms with Gasteiger partial charge in [0.05, 0.1) is 19.3 Å². The lowest BCUT2D eigenvalue weighted by atomic mass is 10.3. The number of rotatable bonds is 4. The SMILES string of the molecule is Cc1ccc(C2NC(C)C(=O)N2CCN2CCOCC2)s1. The number of morpholine rings is 1. The molecule has 2 aliphatic heterocycles. The van der Waals surface area contributed by atoms with E-state index in [4.69, 9.17) is 4.74 Å². The van der Waals surface area contributed by atoms with Crippen LogP contribution in [0.15, 0.2) is 12.1 Å². The number of carbonyl (C=O) groups excluding carboxylic acids is 1. The maximum Gasteiger partial charge on any atom is 0.241 e. The van der Waals surface area contributed by atoms with Gasteiger partial charge in [0.2, 0.25) is 5.91 Å². The highest BCUT2D eigenvalue weighted by Crippen LogP contribution is 2.30. The second kappa shape index (κ2) is 6.44. The quantitative estimate of drug-likeness (QED) is 0.908. The number of nitrogens with zero attached hydrogens (tertiary/aromatic N) is 2. The van der Waals surface area contributed by atoms with Crippen LogP contribution < -0.4 is 5.32 Å². The first-order chi connectivity index (χ1) is 10.1. The molecular formula is C15H23N3O2S. The first-order valence-corrected chi connectivity index (χ1v) is 8.40. The van der Waals surface area contributed by atoms with Crippen LogP contribution in [0.2, 0.25) is 0 Å². The van der Waals surface area contributed by atoms with Gasteiger partial charge in [-0.05, 0) is 26.0 Å². The summed E-state index contributed by atoms with van der Waals surface area (Å²) in [4.78, 5) is 19.3. The molecule has 3 heterocycles. The molecule has 0 aliphatic carbocycles. The molecular weight excluding hydrogens is 286 g/mol. The van der Waals surface area contributed by atoms with Crippen molar-refractivity contribution in [1.82, 2.24) is 15.1 Å². The number of hydrogen-bond acceptors (Lipinski definition) is 5. The van der Waals surface area contributed by atoms with Crippen molar-refractivity contribution in [1.29, 1.82) is 0 Å². The average molecular weight is 309 g/mol. The summed E-state index contributed by atoms with van der Waals surface area (Å²) < 4.78 is 5.37. The number of thiophene rings is 1. The monoisotopic (exact) mass is 309 g/mol. The van der Waals surface area contributed by atoms with Crippen LogP contribution in [0, 0.1) is 6.92 Å². The molecule has 1 aromatic heterocycles. The Bertz CT molecular complexity index is 499. The van der Waals surface area contributed by atoms with Crippen molar-refractivity contribution in [3.8, 4) is 0 Å². The van der Waals surface area contributed by atoms with Gasteiger partial charge < -0.3 is 9.64 Å². The topological polar surface area (TPSA) is 44.8 Å². The van der Waals surface area contributed by atoms with E-state index in [0.717, 1.165) is 39.4 Å². The second-order valence-electron chi connectivity index (χ2n) is 5.72. The van der Waals surface area contributed by atoms with Gasteiger partial charge >= 0.3 is 0 Å². The Hall–Kier alpha value is -0.950. The molecule has 1 amide bonds. The molecule has 2 fully saturated rings. The fraction of sp³-hybridized carbons (Fsp3) is 0.667. The lowest BCUT2D eigenvalue weighted by Crippen LogP contribution is -2.42. The van der Waals surface area contributed by atoms with E-state index in [-0.39, 0.29) is 18.1 Å². The average Bonchev–Trinajstić information content (AvgIpc) is 3.03. The summed E-state index contributed by atoms with van der Waals surface area (Å²) in [5.74, 6) is 0.208. The van der Waals surface area contributed by atoms with Gasteiger partial charge in [0, 0.05) is 35.9 Å². The van der Waals surface area contributed by atoms with E-state index in [1.54, 1.807) is 11.3 Å². The fourth-order valence-electron chi connectivity index (χ4n) is 2.92. The van der Waals surface area contributed by atoms with Crippen LogP contribution in [-0.2, 0) is 9.53 Å². The van der Waals surface area contributed by atoms with Crippen LogP contribution in [0.25, 0.3) is 0 Å². The Kier molecular flexibility index (Phi) is 4.59.